The zero-order chi connectivity index (χ0) is 12.1. The van der Waals surface area contributed by atoms with Gasteiger partial charge in [-0.1, -0.05) is 18.6 Å². The van der Waals surface area contributed by atoms with E-state index < -0.39 is 5.92 Å². The van der Waals surface area contributed by atoms with Crippen molar-refractivity contribution in [2.75, 3.05) is 7.11 Å². The fraction of sp³-hybridized carbons (Fsp3) is 0.385. The van der Waals surface area contributed by atoms with E-state index in [0.717, 1.165) is 5.56 Å². The first-order chi connectivity index (χ1) is 7.63. The number of benzene rings is 1. The number of hydrogen-bond donors (Lipinski definition) is 0. The van der Waals surface area contributed by atoms with Gasteiger partial charge in [0, 0.05) is 0 Å². The fourth-order valence-electron chi connectivity index (χ4n) is 1.54. The molecule has 0 radical (unpaired) electrons. The van der Waals surface area contributed by atoms with Crippen LogP contribution >= 0.6 is 0 Å². The van der Waals surface area contributed by atoms with Crippen LogP contribution in [0.2, 0.25) is 0 Å². The van der Waals surface area contributed by atoms with Gasteiger partial charge in [-0.3, -0.25) is 4.79 Å². The van der Waals surface area contributed by atoms with Crippen molar-refractivity contribution in [3.8, 4) is 11.8 Å². The van der Waals surface area contributed by atoms with Gasteiger partial charge in [-0.2, -0.15) is 5.26 Å². The van der Waals surface area contributed by atoms with E-state index in [0.29, 0.717) is 17.7 Å². The van der Waals surface area contributed by atoms with Gasteiger partial charge in [0.05, 0.1) is 18.7 Å². The molecule has 84 valence electrons. The van der Waals surface area contributed by atoms with E-state index in [9.17, 15) is 4.79 Å². The molecule has 0 saturated heterocycles. The third-order valence-electron chi connectivity index (χ3n) is 2.50. The van der Waals surface area contributed by atoms with Crippen LogP contribution in [0, 0.1) is 24.2 Å². The van der Waals surface area contributed by atoms with Crippen LogP contribution in [-0.2, 0) is 0 Å². The summed E-state index contributed by atoms with van der Waals surface area (Å²) in [6.45, 7) is 3.73. The molecule has 0 spiro atoms. The Bertz CT molecular complexity index is 432. The highest BCUT2D eigenvalue weighted by molar-refractivity contribution is 6.01. The van der Waals surface area contributed by atoms with Gasteiger partial charge in [-0.15, -0.1) is 0 Å². The van der Waals surface area contributed by atoms with Crippen LogP contribution in [0.1, 0.15) is 29.3 Å². The number of nitrogens with zero attached hydrogens (tertiary/aromatic N) is 1. The van der Waals surface area contributed by atoms with Gasteiger partial charge in [0.25, 0.3) is 0 Å². The fourth-order valence-corrected chi connectivity index (χ4v) is 1.54. The quantitative estimate of drug-likeness (QED) is 0.728. The molecule has 0 N–H and O–H groups in total. The average Bonchev–Trinajstić information content (AvgIpc) is 2.30. The third kappa shape index (κ3) is 2.40. The number of carbonyl (C=O) groups is 1. The molecule has 1 aromatic rings. The largest absolute Gasteiger partial charge is 0.496 e. The number of Topliss-reactive ketones (excluding diaryl/α,β-unsaturated/α-hetero) is 1. The van der Waals surface area contributed by atoms with Gasteiger partial charge in [0.15, 0.2) is 5.78 Å². The summed E-state index contributed by atoms with van der Waals surface area (Å²) >= 11 is 0. The normalized spacial score (nSPS) is 11.6. The minimum Gasteiger partial charge on any atom is -0.496 e. The van der Waals surface area contributed by atoms with Crippen molar-refractivity contribution in [2.45, 2.75) is 20.3 Å². The predicted octanol–water partition coefficient (Wildman–Crippen LogP) is 2.74. The van der Waals surface area contributed by atoms with Gasteiger partial charge >= 0.3 is 0 Å². The molecule has 0 aromatic heterocycles. The summed E-state index contributed by atoms with van der Waals surface area (Å²) in [7, 11) is 1.52. The first-order valence-electron chi connectivity index (χ1n) is 5.22. The van der Waals surface area contributed by atoms with E-state index in [1.165, 1.54) is 7.11 Å². The molecule has 0 aliphatic carbocycles. The predicted molar refractivity (Wildman–Crippen MR) is 61.5 cm³/mol. The third-order valence-corrected chi connectivity index (χ3v) is 2.50. The van der Waals surface area contributed by atoms with E-state index in [2.05, 4.69) is 0 Å². The number of ether oxygens (including phenoxy) is 1. The molecule has 0 heterocycles. The van der Waals surface area contributed by atoms with Crippen molar-refractivity contribution < 1.29 is 9.53 Å². The molecule has 0 aliphatic heterocycles. The van der Waals surface area contributed by atoms with E-state index in [1.807, 2.05) is 26.0 Å². The molecule has 0 aliphatic rings. The summed E-state index contributed by atoms with van der Waals surface area (Å²) in [4.78, 5) is 12.0. The highest BCUT2D eigenvalue weighted by Crippen LogP contribution is 2.23. The maximum absolute atomic E-state index is 12.0. The smallest absolute Gasteiger partial charge is 0.183 e. The van der Waals surface area contributed by atoms with E-state index in [1.54, 1.807) is 12.1 Å². The van der Waals surface area contributed by atoms with Crippen molar-refractivity contribution in [1.82, 2.24) is 0 Å². The summed E-state index contributed by atoms with van der Waals surface area (Å²) in [6.07, 6.45) is 0.520. The van der Waals surface area contributed by atoms with Crippen LogP contribution in [0.25, 0.3) is 0 Å². The summed E-state index contributed by atoms with van der Waals surface area (Å²) in [6, 6.07) is 7.42. The molecular formula is C13H15NO2. The lowest BCUT2D eigenvalue weighted by Crippen LogP contribution is -2.13. The van der Waals surface area contributed by atoms with Gasteiger partial charge < -0.3 is 4.74 Å². The molecular weight excluding hydrogens is 202 g/mol. The number of methoxy groups -OCH3 is 1. The van der Waals surface area contributed by atoms with Crippen LogP contribution in [-0.4, -0.2) is 12.9 Å². The van der Waals surface area contributed by atoms with Crippen LogP contribution in [0.3, 0.4) is 0 Å². The maximum atomic E-state index is 12.0. The number of hydrogen-bond acceptors (Lipinski definition) is 3. The van der Waals surface area contributed by atoms with Gasteiger partial charge in [-0.05, 0) is 25.5 Å². The summed E-state index contributed by atoms with van der Waals surface area (Å²) in [5.41, 5.74) is 1.48. The molecule has 1 aromatic carbocycles. The zero-order valence-corrected chi connectivity index (χ0v) is 9.78. The Balaban J connectivity index is 3.16. The molecule has 0 bridgehead atoms. The molecule has 1 atom stereocenters. The average molecular weight is 217 g/mol. The van der Waals surface area contributed by atoms with Crippen LogP contribution in [0.5, 0.6) is 5.75 Å². The first kappa shape index (κ1) is 12.3. The topological polar surface area (TPSA) is 50.1 Å². The highest BCUT2D eigenvalue weighted by atomic mass is 16.5. The lowest BCUT2D eigenvalue weighted by atomic mass is 9.95. The van der Waals surface area contributed by atoms with Gasteiger partial charge in [-0.25, -0.2) is 0 Å². The van der Waals surface area contributed by atoms with Gasteiger partial charge in [0.2, 0.25) is 0 Å². The minimum absolute atomic E-state index is 0.162. The zero-order valence-electron chi connectivity index (χ0n) is 9.78. The van der Waals surface area contributed by atoms with Crippen molar-refractivity contribution >= 4 is 5.78 Å². The summed E-state index contributed by atoms with van der Waals surface area (Å²) in [5.74, 6) is -0.217. The van der Waals surface area contributed by atoms with Crippen LogP contribution in [0.4, 0.5) is 0 Å². The van der Waals surface area contributed by atoms with Crippen molar-refractivity contribution in [3.63, 3.8) is 0 Å². The van der Waals surface area contributed by atoms with E-state index in [4.69, 9.17) is 10.00 Å². The van der Waals surface area contributed by atoms with Crippen molar-refractivity contribution in [3.05, 3.63) is 29.3 Å². The molecule has 0 saturated carbocycles. The second-order valence-corrected chi connectivity index (χ2v) is 3.66. The van der Waals surface area contributed by atoms with Crippen LogP contribution in [0.15, 0.2) is 18.2 Å². The van der Waals surface area contributed by atoms with E-state index >= 15 is 0 Å². The SMILES string of the molecule is CCC(C#N)C(=O)c1cc(C)ccc1OC. The van der Waals surface area contributed by atoms with Gasteiger partial charge in [0.1, 0.15) is 11.7 Å². The maximum Gasteiger partial charge on any atom is 0.183 e. The number of nitriles is 1. The molecule has 0 amide bonds. The van der Waals surface area contributed by atoms with Crippen molar-refractivity contribution in [2.24, 2.45) is 5.92 Å². The molecule has 16 heavy (non-hydrogen) atoms. The molecule has 0 fully saturated rings. The van der Waals surface area contributed by atoms with E-state index in [-0.39, 0.29) is 5.78 Å². The Labute approximate surface area is 95.7 Å². The molecule has 3 heteroatoms. The lowest BCUT2D eigenvalue weighted by Gasteiger charge is -2.10. The molecule has 3 nitrogen and oxygen atoms in total. The minimum atomic E-state index is -0.587. The Hall–Kier alpha value is -1.82. The lowest BCUT2D eigenvalue weighted by molar-refractivity contribution is 0.0943. The summed E-state index contributed by atoms with van der Waals surface area (Å²) < 4.78 is 5.13. The number of carbonyl (C=O) groups excluding carboxylic acids is 1. The second-order valence-electron chi connectivity index (χ2n) is 3.66. The highest BCUT2D eigenvalue weighted by Gasteiger charge is 2.21. The monoisotopic (exact) mass is 217 g/mol. The Morgan fingerprint density at radius 1 is 1.56 bits per heavy atom. The Kier molecular flexibility index (Phi) is 4.07. The molecule has 1 unspecified atom stereocenters. The Morgan fingerprint density at radius 3 is 2.75 bits per heavy atom. The number of aryl methyl sites for hydroxylation is 1. The number of rotatable bonds is 4. The molecule has 1 rings (SSSR count). The first-order valence-corrected chi connectivity index (χ1v) is 5.22. The number of ketones is 1. The Morgan fingerprint density at radius 2 is 2.25 bits per heavy atom. The standard InChI is InChI=1S/C13H15NO2/c1-4-10(8-14)13(15)11-7-9(2)5-6-12(11)16-3/h5-7,10H,4H2,1-3H3. The van der Waals surface area contributed by atoms with Crippen LogP contribution < -0.4 is 4.74 Å². The summed E-state index contributed by atoms with van der Waals surface area (Å²) in [5, 5.41) is 8.88. The van der Waals surface area contributed by atoms with Crippen molar-refractivity contribution in [1.29, 1.82) is 5.26 Å². The second kappa shape index (κ2) is 5.32.